The van der Waals surface area contributed by atoms with Gasteiger partial charge in [-0.1, -0.05) is 48.2 Å². The van der Waals surface area contributed by atoms with Gasteiger partial charge in [-0.25, -0.2) is 4.79 Å². The minimum atomic E-state index is -4.32. The first-order chi connectivity index (χ1) is 11.2. The molecule has 2 aromatic carbocycles. The molecule has 7 nitrogen and oxygen atoms in total. The second kappa shape index (κ2) is 9.06. The molecule has 5 N–H and O–H groups in total. The fourth-order valence-corrected chi connectivity index (χ4v) is 2.57. The van der Waals surface area contributed by atoms with E-state index in [2.05, 4.69) is 0 Å². The van der Waals surface area contributed by atoms with Gasteiger partial charge in [0.15, 0.2) is 5.17 Å². The summed E-state index contributed by atoms with van der Waals surface area (Å²) in [5, 5.41) is 15.7. The molecule has 0 atom stereocenters. The van der Waals surface area contributed by atoms with E-state index in [1.807, 2.05) is 30.3 Å². The molecule has 9 heteroatoms. The van der Waals surface area contributed by atoms with E-state index in [0.29, 0.717) is 0 Å². The van der Waals surface area contributed by atoms with E-state index in [0.717, 1.165) is 17.9 Å². The standard InChI is InChI=1S/C8H10N2S.C7H6O5S/c9-8(10)11-6-7-4-2-1-3-5-7;8-7(9)5-2-1-3-6(4-5)13(10,11)12/h1-5H,6H2,(H3,9,10);1-4H,(H,8,9)(H,10,11,12). The van der Waals surface area contributed by atoms with Gasteiger partial charge in [-0.3, -0.25) is 9.96 Å². The zero-order chi connectivity index (χ0) is 18.2. The summed E-state index contributed by atoms with van der Waals surface area (Å²) in [7, 11) is -4.32. The smallest absolute Gasteiger partial charge is 0.335 e. The Labute approximate surface area is 143 Å². The van der Waals surface area contributed by atoms with Crippen molar-refractivity contribution in [2.75, 3.05) is 0 Å². The highest BCUT2D eigenvalue weighted by Crippen LogP contribution is 2.11. The summed E-state index contributed by atoms with van der Waals surface area (Å²) in [5.41, 5.74) is 6.20. The van der Waals surface area contributed by atoms with Gasteiger partial charge in [0.05, 0.1) is 10.5 Å². The van der Waals surface area contributed by atoms with Crippen LogP contribution < -0.4 is 5.73 Å². The van der Waals surface area contributed by atoms with Crippen LogP contribution in [0.5, 0.6) is 0 Å². The number of amidine groups is 1. The molecule has 0 amide bonds. The van der Waals surface area contributed by atoms with E-state index >= 15 is 0 Å². The Morgan fingerprint density at radius 2 is 1.75 bits per heavy atom. The quantitative estimate of drug-likeness (QED) is 0.369. The summed E-state index contributed by atoms with van der Waals surface area (Å²) in [6.07, 6.45) is 0. The normalized spacial score (nSPS) is 10.4. The van der Waals surface area contributed by atoms with Gasteiger partial charge in [0.25, 0.3) is 10.1 Å². The van der Waals surface area contributed by atoms with Crippen LogP contribution in [0.4, 0.5) is 0 Å². The molecule has 24 heavy (non-hydrogen) atoms. The van der Waals surface area contributed by atoms with Gasteiger partial charge in [-0.05, 0) is 23.8 Å². The van der Waals surface area contributed by atoms with Crippen molar-refractivity contribution >= 4 is 33.0 Å². The Morgan fingerprint density at radius 3 is 2.25 bits per heavy atom. The second-order valence-electron chi connectivity index (χ2n) is 4.45. The summed E-state index contributed by atoms with van der Waals surface area (Å²) >= 11 is 1.35. The van der Waals surface area contributed by atoms with Crippen molar-refractivity contribution in [2.45, 2.75) is 10.6 Å². The monoisotopic (exact) mass is 368 g/mol. The fourth-order valence-electron chi connectivity index (χ4n) is 1.52. The largest absolute Gasteiger partial charge is 0.478 e. The number of nitrogens with two attached hydrogens (primary N) is 1. The summed E-state index contributed by atoms with van der Waals surface area (Å²) < 4.78 is 29.7. The number of hydrogen-bond acceptors (Lipinski definition) is 5. The third kappa shape index (κ3) is 7.27. The number of benzene rings is 2. The van der Waals surface area contributed by atoms with Crippen molar-refractivity contribution in [1.29, 1.82) is 5.41 Å². The Morgan fingerprint density at radius 1 is 1.12 bits per heavy atom. The molecular weight excluding hydrogens is 352 g/mol. The molecule has 0 aromatic heterocycles. The Balaban J connectivity index is 0.000000243. The molecule has 0 bridgehead atoms. The molecule has 0 aliphatic heterocycles. The minimum Gasteiger partial charge on any atom is -0.478 e. The highest BCUT2D eigenvalue weighted by Gasteiger charge is 2.11. The number of hydrogen-bond donors (Lipinski definition) is 4. The van der Waals surface area contributed by atoms with Crippen LogP contribution in [-0.2, 0) is 15.9 Å². The maximum absolute atomic E-state index is 10.6. The number of carbonyl (C=O) groups is 1. The lowest BCUT2D eigenvalue weighted by molar-refractivity contribution is 0.0696. The van der Waals surface area contributed by atoms with E-state index in [4.69, 9.17) is 20.8 Å². The molecule has 128 valence electrons. The molecule has 0 saturated carbocycles. The molecule has 0 heterocycles. The van der Waals surface area contributed by atoms with Crippen LogP contribution in [0.1, 0.15) is 15.9 Å². The average Bonchev–Trinajstić information content (AvgIpc) is 2.54. The van der Waals surface area contributed by atoms with Crippen molar-refractivity contribution in [3.05, 3.63) is 65.7 Å². The minimum absolute atomic E-state index is 0.175. The third-order valence-corrected chi connectivity index (χ3v) is 4.25. The molecule has 0 spiro atoms. The fraction of sp³-hybridized carbons (Fsp3) is 0.0667. The highest BCUT2D eigenvalue weighted by atomic mass is 32.2. The maximum atomic E-state index is 10.6. The lowest BCUT2D eigenvalue weighted by Crippen LogP contribution is -2.03. The van der Waals surface area contributed by atoms with Crippen LogP contribution in [-0.4, -0.2) is 29.2 Å². The molecule has 0 aliphatic carbocycles. The molecule has 0 fully saturated rings. The summed E-state index contributed by atoms with van der Waals surface area (Å²) in [5.74, 6) is -0.457. The van der Waals surface area contributed by atoms with Crippen LogP contribution in [0.15, 0.2) is 59.5 Å². The number of aromatic carboxylic acids is 1. The van der Waals surface area contributed by atoms with Crippen molar-refractivity contribution in [3.63, 3.8) is 0 Å². The molecule has 0 radical (unpaired) electrons. The van der Waals surface area contributed by atoms with Crippen molar-refractivity contribution in [1.82, 2.24) is 0 Å². The lowest BCUT2D eigenvalue weighted by atomic mass is 10.2. The van der Waals surface area contributed by atoms with E-state index in [1.165, 1.54) is 29.5 Å². The van der Waals surface area contributed by atoms with Crippen molar-refractivity contribution < 1.29 is 22.9 Å². The van der Waals surface area contributed by atoms with Crippen molar-refractivity contribution in [3.8, 4) is 0 Å². The molecule has 2 aromatic rings. The number of rotatable bonds is 4. The van der Waals surface area contributed by atoms with Gasteiger partial charge in [-0.2, -0.15) is 8.42 Å². The molecular formula is C15H16N2O5S2. The Hall–Kier alpha value is -2.36. The van der Waals surface area contributed by atoms with Gasteiger partial charge >= 0.3 is 5.97 Å². The Bertz CT molecular complexity index is 808. The predicted molar refractivity (Wildman–Crippen MR) is 92.9 cm³/mol. The zero-order valence-corrected chi connectivity index (χ0v) is 14.0. The highest BCUT2D eigenvalue weighted by molar-refractivity contribution is 8.13. The second-order valence-corrected chi connectivity index (χ2v) is 6.89. The van der Waals surface area contributed by atoms with Gasteiger partial charge in [0.2, 0.25) is 0 Å². The van der Waals surface area contributed by atoms with Crippen LogP contribution in [0.2, 0.25) is 0 Å². The molecule has 0 saturated heterocycles. The van der Waals surface area contributed by atoms with E-state index < -0.39 is 21.0 Å². The SMILES string of the molecule is N=C(N)SCc1ccccc1.O=C(O)c1cccc(S(=O)(=O)O)c1. The number of nitrogens with one attached hydrogen (secondary N) is 1. The predicted octanol–water partition coefficient (Wildman–Crippen LogP) is 2.44. The van der Waals surface area contributed by atoms with E-state index in [-0.39, 0.29) is 10.7 Å². The van der Waals surface area contributed by atoms with Gasteiger partial charge in [-0.15, -0.1) is 0 Å². The summed E-state index contributed by atoms with van der Waals surface area (Å²) in [6, 6.07) is 14.5. The first-order valence-electron chi connectivity index (χ1n) is 6.51. The zero-order valence-electron chi connectivity index (χ0n) is 12.4. The average molecular weight is 368 g/mol. The lowest BCUT2D eigenvalue weighted by Gasteiger charge is -1.97. The molecule has 2 rings (SSSR count). The summed E-state index contributed by atoms with van der Waals surface area (Å²) in [6.45, 7) is 0. The van der Waals surface area contributed by atoms with Crippen LogP contribution >= 0.6 is 11.8 Å². The van der Waals surface area contributed by atoms with Crippen LogP contribution in [0, 0.1) is 5.41 Å². The number of carboxylic acids is 1. The van der Waals surface area contributed by atoms with Gasteiger partial charge in [0.1, 0.15) is 0 Å². The third-order valence-electron chi connectivity index (χ3n) is 2.62. The molecule has 0 unspecified atom stereocenters. The van der Waals surface area contributed by atoms with Gasteiger partial charge in [0, 0.05) is 5.75 Å². The number of thioether (sulfide) groups is 1. The van der Waals surface area contributed by atoms with Crippen LogP contribution in [0.3, 0.4) is 0 Å². The Kier molecular flexibility index (Phi) is 7.43. The molecule has 0 aliphatic rings. The maximum Gasteiger partial charge on any atom is 0.335 e. The van der Waals surface area contributed by atoms with E-state index in [1.54, 1.807) is 0 Å². The topological polar surface area (TPSA) is 142 Å². The van der Waals surface area contributed by atoms with Crippen LogP contribution in [0.25, 0.3) is 0 Å². The summed E-state index contributed by atoms with van der Waals surface area (Å²) in [4.78, 5) is 9.98. The van der Waals surface area contributed by atoms with Gasteiger partial charge < -0.3 is 10.8 Å². The number of carboxylic acid groups (broad SMARTS) is 1. The first-order valence-corrected chi connectivity index (χ1v) is 8.94. The first kappa shape index (κ1) is 19.7. The van der Waals surface area contributed by atoms with E-state index in [9.17, 15) is 13.2 Å². The van der Waals surface area contributed by atoms with Crippen molar-refractivity contribution in [2.24, 2.45) is 5.73 Å².